The smallest absolute Gasteiger partial charge is 0.0702 e. The Hall–Kier alpha value is -0.930. The van der Waals surface area contributed by atoms with Gasteiger partial charge in [-0.15, -0.1) is 0 Å². The van der Waals surface area contributed by atoms with Crippen LogP contribution in [0.25, 0.3) is 10.9 Å². The highest BCUT2D eigenvalue weighted by Crippen LogP contribution is 2.19. The lowest BCUT2D eigenvalue weighted by Gasteiger charge is -2.03. The zero-order valence-electron chi connectivity index (χ0n) is 8.63. The summed E-state index contributed by atoms with van der Waals surface area (Å²) >= 11 is 3.47. The number of aromatic nitrogens is 1. The molecule has 78 valence electrons. The number of fused-ring (bicyclic) bond motifs is 1. The number of likely N-dealkylation sites (N-methyl/N-ethyl adjacent to an activating group) is 1. The molecule has 1 N–H and O–H groups in total. The van der Waals surface area contributed by atoms with Crippen molar-refractivity contribution in [1.29, 1.82) is 0 Å². The molecule has 1 aromatic heterocycles. The van der Waals surface area contributed by atoms with Gasteiger partial charge < -0.3 is 5.32 Å². The van der Waals surface area contributed by atoms with Crippen molar-refractivity contribution in [2.75, 3.05) is 13.6 Å². The Morgan fingerprint density at radius 3 is 3.00 bits per heavy atom. The van der Waals surface area contributed by atoms with Gasteiger partial charge in [-0.3, -0.25) is 4.98 Å². The van der Waals surface area contributed by atoms with E-state index in [2.05, 4.69) is 38.4 Å². The van der Waals surface area contributed by atoms with E-state index in [0.29, 0.717) is 0 Å². The summed E-state index contributed by atoms with van der Waals surface area (Å²) in [4.78, 5) is 4.43. The van der Waals surface area contributed by atoms with Crippen LogP contribution in [0.4, 0.5) is 0 Å². The van der Waals surface area contributed by atoms with E-state index in [1.165, 1.54) is 10.9 Å². The van der Waals surface area contributed by atoms with Gasteiger partial charge in [0.05, 0.1) is 5.52 Å². The molecule has 0 aliphatic rings. The molecule has 2 nitrogen and oxygen atoms in total. The molecule has 1 aromatic carbocycles. The van der Waals surface area contributed by atoms with Crippen LogP contribution in [0.1, 0.15) is 5.56 Å². The van der Waals surface area contributed by atoms with E-state index >= 15 is 0 Å². The monoisotopic (exact) mass is 264 g/mol. The number of hydrogen-bond donors (Lipinski definition) is 1. The highest BCUT2D eigenvalue weighted by molar-refractivity contribution is 9.10. The van der Waals surface area contributed by atoms with E-state index < -0.39 is 0 Å². The minimum atomic E-state index is 0.987. The number of benzene rings is 1. The second-order valence-corrected chi connectivity index (χ2v) is 4.45. The van der Waals surface area contributed by atoms with Crippen molar-refractivity contribution in [2.45, 2.75) is 6.42 Å². The van der Waals surface area contributed by atoms with Gasteiger partial charge in [-0.25, -0.2) is 0 Å². The molecule has 0 unspecified atom stereocenters. The molecule has 3 heteroatoms. The lowest BCUT2D eigenvalue weighted by Crippen LogP contribution is -2.10. The first-order valence-electron chi connectivity index (χ1n) is 4.98. The van der Waals surface area contributed by atoms with E-state index in [-0.39, 0.29) is 0 Å². The van der Waals surface area contributed by atoms with Crippen molar-refractivity contribution in [3.05, 3.63) is 40.5 Å². The fourth-order valence-electron chi connectivity index (χ4n) is 1.55. The van der Waals surface area contributed by atoms with Gasteiger partial charge in [0.15, 0.2) is 0 Å². The third-order valence-electron chi connectivity index (χ3n) is 2.36. The van der Waals surface area contributed by atoms with Crippen LogP contribution in [0.15, 0.2) is 34.9 Å². The zero-order valence-corrected chi connectivity index (χ0v) is 10.2. The maximum atomic E-state index is 4.43. The Morgan fingerprint density at radius 1 is 1.33 bits per heavy atom. The normalized spacial score (nSPS) is 10.8. The third-order valence-corrected chi connectivity index (χ3v) is 2.86. The summed E-state index contributed by atoms with van der Waals surface area (Å²) in [7, 11) is 1.96. The molecule has 0 aliphatic carbocycles. The van der Waals surface area contributed by atoms with E-state index in [0.717, 1.165) is 23.0 Å². The van der Waals surface area contributed by atoms with Gasteiger partial charge in [0.2, 0.25) is 0 Å². The van der Waals surface area contributed by atoms with Gasteiger partial charge in [0.1, 0.15) is 0 Å². The summed E-state index contributed by atoms with van der Waals surface area (Å²) in [5.41, 5.74) is 2.32. The van der Waals surface area contributed by atoms with Crippen LogP contribution in [0.3, 0.4) is 0 Å². The third kappa shape index (κ3) is 2.55. The molecule has 0 saturated heterocycles. The number of halogens is 1. The summed E-state index contributed by atoms with van der Waals surface area (Å²) < 4.78 is 1.10. The van der Waals surface area contributed by atoms with Crippen LogP contribution in [0.5, 0.6) is 0 Å². The second-order valence-electron chi connectivity index (χ2n) is 3.53. The largest absolute Gasteiger partial charge is 0.319 e. The van der Waals surface area contributed by atoms with Crippen molar-refractivity contribution >= 4 is 26.8 Å². The van der Waals surface area contributed by atoms with Crippen molar-refractivity contribution in [1.82, 2.24) is 10.3 Å². The first kappa shape index (κ1) is 10.6. The molecule has 0 spiro atoms. The topological polar surface area (TPSA) is 24.9 Å². The number of pyridine rings is 1. The summed E-state index contributed by atoms with van der Waals surface area (Å²) in [6.07, 6.45) is 2.97. The standard InChI is InChI=1S/C12H13BrN2/c1-14-5-4-9-6-10-7-11(13)2-3-12(10)15-8-9/h2-3,6-8,14H,4-5H2,1H3. The van der Waals surface area contributed by atoms with Crippen molar-refractivity contribution in [2.24, 2.45) is 0 Å². The molecular weight excluding hydrogens is 252 g/mol. The fourth-order valence-corrected chi connectivity index (χ4v) is 1.93. The molecule has 0 atom stereocenters. The molecule has 2 rings (SSSR count). The van der Waals surface area contributed by atoms with Gasteiger partial charge in [0.25, 0.3) is 0 Å². The Bertz CT molecular complexity index is 468. The predicted molar refractivity (Wildman–Crippen MR) is 67.1 cm³/mol. The van der Waals surface area contributed by atoms with E-state index in [4.69, 9.17) is 0 Å². The van der Waals surface area contributed by atoms with E-state index in [9.17, 15) is 0 Å². The first-order valence-corrected chi connectivity index (χ1v) is 5.77. The van der Waals surface area contributed by atoms with Crippen LogP contribution in [-0.4, -0.2) is 18.6 Å². The van der Waals surface area contributed by atoms with Crippen LogP contribution < -0.4 is 5.32 Å². The Balaban J connectivity index is 2.36. The molecule has 0 saturated carbocycles. The minimum absolute atomic E-state index is 0.987. The van der Waals surface area contributed by atoms with Crippen LogP contribution >= 0.6 is 15.9 Å². The lowest BCUT2D eigenvalue weighted by molar-refractivity contribution is 0.790. The maximum absolute atomic E-state index is 4.43. The van der Waals surface area contributed by atoms with Crippen molar-refractivity contribution in [3.63, 3.8) is 0 Å². The van der Waals surface area contributed by atoms with Crippen LogP contribution in [0.2, 0.25) is 0 Å². The average Bonchev–Trinajstić information content (AvgIpc) is 2.25. The van der Waals surface area contributed by atoms with Crippen LogP contribution in [0, 0.1) is 0 Å². The molecule has 0 radical (unpaired) electrons. The van der Waals surface area contributed by atoms with Gasteiger partial charge in [-0.1, -0.05) is 15.9 Å². The minimum Gasteiger partial charge on any atom is -0.319 e. The highest BCUT2D eigenvalue weighted by Gasteiger charge is 1.98. The van der Waals surface area contributed by atoms with Gasteiger partial charge in [-0.05, 0) is 49.8 Å². The quantitative estimate of drug-likeness (QED) is 0.923. The number of nitrogens with one attached hydrogen (secondary N) is 1. The number of rotatable bonds is 3. The van der Waals surface area contributed by atoms with Crippen molar-refractivity contribution < 1.29 is 0 Å². The van der Waals surface area contributed by atoms with E-state index in [1.54, 1.807) is 0 Å². The van der Waals surface area contributed by atoms with Gasteiger partial charge >= 0.3 is 0 Å². The lowest BCUT2D eigenvalue weighted by atomic mass is 10.1. The molecule has 0 amide bonds. The van der Waals surface area contributed by atoms with E-state index in [1.807, 2.05) is 25.4 Å². The molecule has 2 aromatic rings. The molecule has 15 heavy (non-hydrogen) atoms. The predicted octanol–water partition coefficient (Wildman–Crippen LogP) is 2.76. The fraction of sp³-hybridized carbons (Fsp3) is 0.250. The molecular formula is C12H13BrN2. The Labute approximate surface area is 97.8 Å². The zero-order chi connectivity index (χ0) is 10.7. The highest BCUT2D eigenvalue weighted by atomic mass is 79.9. The summed E-state index contributed by atoms with van der Waals surface area (Å²) in [6.45, 7) is 0.987. The maximum Gasteiger partial charge on any atom is 0.0702 e. The molecule has 0 bridgehead atoms. The molecule has 1 heterocycles. The van der Waals surface area contributed by atoms with Gasteiger partial charge in [0, 0.05) is 16.1 Å². The van der Waals surface area contributed by atoms with Crippen molar-refractivity contribution in [3.8, 4) is 0 Å². The average molecular weight is 265 g/mol. The Morgan fingerprint density at radius 2 is 2.20 bits per heavy atom. The first-order chi connectivity index (χ1) is 7.29. The SMILES string of the molecule is CNCCc1cnc2ccc(Br)cc2c1. The molecule has 0 aliphatic heterocycles. The number of hydrogen-bond acceptors (Lipinski definition) is 2. The summed E-state index contributed by atoms with van der Waals surface area (Å²) in [5, 5.41) is 4.33. The van der Waals surface area contributed by atoms with Gasteiger partial charge in [-0.2, -0.15) is 0 Å². The number of nitrogens with zero attached hydrogens (tertiary/aromatic N) is 1. The second kappa shape index (κ2) is 4.73. The Kier molecular flexibility index (Phi) is 3.34. The molecule has 0 fully saturated rings. The summed E-state index contributed by atoms with van der Waals surface area (Å²) in [6, 6.07) is 8.35. The van der Waals surface area contributed by atoms with Crippen LogP contribution in [-0.2, 0) is 6.42 Å². The summed E-state index contributed by atoms with van der Waals surface area (Å²) in [5.74, 6) is 0.